The lowest BCUT2D eigenvalue weighted by molar-refractivity contribution is -0.143. The lowest BCUT2D eigenvalue weighted by Crippen LogP contribution is -2.06. The molecule has 2 aromatic rings. The van der Waals surface area contributed by atoms with E-state index in [-0.39, 0.29) is 5.97 Å². The highest BCUT2D eigenvalue weighted by molar-refractivity contribution is 7.22. The lowest BCUT2D eigenvalue weighted by atomic mass is 10.3. The molecule has 0 atom stereocenters. The second-order valence-electron chi connectivity index (χ2n) is 3.94. The van der Waals surface area contributed by atoms with Crippen molar-refractivity contribution in [1.82, 2.24) is 4.98 Å². The van der Waals surface area contributed by atoms with Gasteiger partial charge in [0.25, 0.3) is 0 Å². The molecule has 0 saturated heterocycles. The van der Waals surface area contributed by atoms with Crippen LogP contribution in [0, 0.1) is 0 Å². The fraction of sp³-hybridized carbons (Fsp3) is 0.385. The van der Waals surface area contributed by atoms with Gasteiger partial charge in [0, 0.05) is 6.42 Å². The number of carbonyl (C=O) groups is 1. The van der Waals surface area contributed by atoms with Gasteiger partial charge in [-0.25, -0.2) is 4.98 Å². The number of nitrogen functional groups attached to an aromatic ring is 1. The molecule has 2 rings (SSSR count). The molecule has 1 heterocycles. The molecule has 0 amide bonds. The number of benzene rings is 1. The van der Waals surface area contributed by atoms with E-state index in [0.29, 0.717) is 31.2 Å². The number of nitrogens with zero attached hydrogens (tertiary/aromatic N) is 1. The predicted octanol–water partition coefficient (Wildman–Crippen LogP) is 2.60. The Morgan fingerprint density at radius 1 is 1.47 bits per heavy atom. The topological polar surface area (TPSA) is 74.4 Å². The van der Waals surface area contributed by atoms with Crippen LogP contribution in [0.2, 0.25) is 0 Å². The molecular formula is C13H16N2O3S. The Morgan fingerprint density at radius 3 is 3.11 bits per heavy atom. The maximum Gasteiger partial charge on any atom is 0.305 e. The third-order valence-corrected chi connectivity index (χ3v) is 3.32. The van der Waals surface area contributed by atoms with Crippen molar-refractivity contribution in [1.29, 1.82) is 0 Å². The van der Waals surface area contributed by atoms with Crippen molar-refractivity contribution >= 4 is 32.7 Å². The van der Waals surface area contributed by atoms with E-state index in [1.807, 2.05) is 18.2 Å². The highest BCUT2D eigenvalue weighted by atomic mass is 32.1. The zero-order valence-corrected chi connectivity index (χ0v) is 11.5. The second-order valence-corrected chi connectivity index (χ2v) is 5.00. The van der Waals surface area contributed by atoms with Gasteiger partial charge in [0.15, 0.2) is 5.13 Å². The number of aromatic nitrogens is 1. The first-order valence-corrected chi connectivity index (χ1v) is 6.95. The fourth-order valence-electron chi connectivity index (χ4n) is 1.65. The normalized spacial score (nSPS) is 10.6. The van der Waals surface area contributed by atoms with Crippen LogP contribution in [0.25, 0.3) is 10.2 Å². The Bertz CT molecular complexity index is 568. The molecule has 0 aliphatic carbocycles. The largest absolute Gasteiger partial charge is 0.494 e. The van der Waals surface area contributed by atoms with Gasteiger partial charge in [-0.05, 0) is 31.5 Å². The van der Waals surface area contributed by atoms with Crippen LogP contribution in [0.1, 0.15) is 19.8 Å². The summed E-state index contributed by atoms with van der Waals surface area (Å²) >= 11 is 1.43. The predicted molar refractivity (Wildman–Crippen MR) is 75.4 cm³/mol. The van der Waals surface area contributed by atoms with Crippen molar-refractivity contribution < 1.29 is 14.3 Å². The first-order valence-electron chi connectivity index (χ1n) is 6.13. The van der Waals surface area contributed by atoms with Gasteiger partial charge in [-0.15, -0.1) is 0 Å². The maximum atomic E-state index is 11.1. The molecule has 0 saturated carbocycles. The summed E-state index contributed by atoms with van der Waals surface area (Å²) in [7, 11) is 0. The van der Waals surface area contributed by atoms with Crippen molar-refractivity contribution in [3.63, 3.8) is 0 Å². The van der Waals surface area contributed by atoms with Gasteiger partial charge in [0.2, 0.25) is 0 Å². The van der Waals surface area contributed by atoms with Crippen LogP contribution in [0.15, 0.2) is 18.2 Å². The van der Waals surface area contributed by atoms with Crippen molar-refractivity contribution in [3.8, 4) is 5.75 Å². The van der Waals surface area contributed by atoms with Crippen LogP contribution < -0.4 is 10.5 Å². The Labute approximate surface area is 115 Å². The number of fused-ring (bicyclic) bond motifs is 1. The summed E-state index contributed by atoms with van der Waals surface area (Å²) in [4.78, 5) is 15.3. The molecule has 5 nitrogen and oxygen atoms in total. The average molecular weight is 280 g/mol. The number of nitrogens with two attached hydrogens (primary N) is 1. The second kappa shape index (κ2) is 6.38. The van der Waals surface area contributed by atoms with Crippen molar-refractivity contribution in [3.05, 3.63) is 18.2 Å². The molecular weight excluding hydrogens is 264 g/mol. The Kier molecular flexibility index (Phi) is 4.57. The first-order chi connectivity index (χ1) is 9.19. The summed E-state index contributed by atoms with van der Waals surface area (Å²) < 4.78 is 11.4. The van der Waals surface area contributed by atoms with Gasteiger partial charge < -0.3 is 15.2 Å². The van der Waals surface area contributed by atoms with Crippen LogP contribution in [0.3, 0.4) is 0 Å². The standard InChI is InChI=1S/C13H16N2O3S/c1-2-17-12(16)4-3-7-18-9-5-6-10-11(8-9)19-13(14)15-10/h5-6,8H,2-4,7H2,1H3,(H2,14,15). The Hall–Kier alpha value is -1.82. The molecule has 0 fully saturated rings. The van der Waals surface area contributed by atoms with Gasteiger partial charge in [0.1, 0.15) is 5.75 Å². The minimum atomic E-state index is -0.184. The van der Waals surface area contributed by atoms with E-state index in [1.54, 1.807) is 6.92 Å². The van der Waals surface area contributed by atoms with Crippen molar-refractivity contribution in [2.45, 2.75) is 19.8 Å². The number of ether oxygens (including phenoxy) is 2. The molecule has 102 valence electrons. The number of thiazole rings is 1. The third-order valence-electron chi connectivity index (χ3n) is 2.48. The summed E-state index contributed by atoms with van der Waals surface area (Å²) in [5.41, 5.74) is 6.52. The van der Waals surface area contributed by atoms with Crippen LogP contribution in [0.4, 0.5) is 5.13 Å². The molecule has 0 bridgehead atoms. The third kappa shape index (κ3) is 3.82. The van der Waals surface area contributed by atoms with Gasteiger partial charge in [0.05, 0.1) is 23.4 Å². The summed E-state index contributed by atoms with van der Waals surface area (Å²) in [5, 5.41) is 0.550. The molecule has 1 aromatic heterocycles. The van der Waals surface area contributed by atoms with Gasteiger partial charge in [-0.3, -0.25) is 4.79 Å². The minimum Gasteiger partial charge on any atom is -0.494 e. The van der Waals surface area contributed by atoms with Crippen LogP contribution in [0.5, 0.6) is 5.75 Å². The number of carbonyl (C=O) groups excluding carboxylic acids is 1. The highest BCUT2D eigenvalue weighted by Crippen LogP contribution is 2.27. The van der Waals surface area contributed by atoms with E-state index in [1.165, 1.54) is 11.3 Å². The summed E-state index contributed by atoms with van der Waals surface area (Å²) in [5.74, 6) is 0.580. The summed E-state index contributed by atoms with van der Waals surface area (Å²) in [6.45, 7) is 2.70. The van der Waals surface area contributed by atoms with E-state index in [9.17, 15) is 4.79 Å². The highest BCUT2D eigenvalue weighted by Gasteiger charge is 2.04. The molecule has 0 spiro atoms. The number of esters is 1. The number of rotatable bonds is 6. The van der Waals surface area contributed by atoms with Crippen LogP contribution in [-0.2, 0) is 9.53 Å². The molecule has 2 N–H and O–H groups in total. The number of hydrogen-bond donors (Lipinski definition) is 1. The molecule has 0 aliphatic heterocycles. The van der Waals surface area contributed by atoms with E-state index < -0.39 is 0 Å². The monoisotopic (exact) mass is 280 g/mol. The van der Waals surface area contributed by atoms with Crippen LogP contribution >= 0.6 is 11.3 Å². The molecule has 0 unspecified atom stereocenters. The summed E-state index contributed by atoms with van der Waals surface area (Å²) in [6, 6.07) is 5.64. The maximum absolute atomic E-state index is 11.1. The summed E-state index contributed by atoms with van der Waals surface area (Å²) in [6.07, 6.45) is 1.02. The lowest BCUT2D eigenvalue weighted by Gasteiger charge is -2.05. The van der Waals surface area contributed by atoms with E-state index in [4.69, 9.17) is 15.2 Å². The minimum absolute atomic E-state index is 0.184. The fourth-order valence-corrected chi connectivity index (χ4v) is 2.41. The zero-order chi connectivity index (χ0) is 13.7. The van der Waals surface area contributed by atoms with E-state index in [0.717, 1.165) is 16.0 Å². The smallest absolute Gasteiger partial charge is 0.305 e. The average Bonchev–Trinajstić information content (AvgIpc) is 2.74. The van der Waals surface area contributed by atoms with Gasteiger partial charge >= 0.3 is 5.97 Å². The van der Waals surface area contributed by atoms with Crippen molar-refractivity contribution in [2.24, 2.45) is 0 Å². The van der Waals surface area contributed by atoms with Crippen molar-refractivity contribution in [2.75, 3.05) is 18.9 Å². The van der Waals surface area contributed by atoms with E-state index in [2.05, 4.69) is 4.98 Å². The van der Waals surface area contributed by atoms with Gasteiger partial charge in [-0.1, -0.05) is 11.3 Å². The number of anilines is 1. The van der Waals surface area contributed by atoms with Gasteiger partial charge in [-0.2, -0.15) is 0 Å². The molecule has 6 heteroatoms. The zero-order valence-electron chi connectivity index (χ0n) is 10.7. The van der Waals surface area contributed by atoms with E-state index >= 15 is 0 Å². The Balaban J connectivity index is 1.83. The first kappa shape index (κ1) is 13.6. The number of hydrogen-bond acceptors (Lipinski definition) is 6. The molecule has 0 radical (unpaired) electrons. The Morgan fingerprint density at radius 2 is 2.32 bits per heavy atom. The quantitative estimate of drug-likeness (QED) is 0.650. The molecule has 19 heavy (non-hydrogen) atoms. The SMILES string of the molecule is CCOC(=O)CCCOc1ccc2nc(N)sc2c1. The molecule has 1 aromatic carbocycles. The van der Waals surface area contributed by atoms with Crippen LogP contribution in [-0.4, -0.2) is 24.2 Å². The molecule has 0 aliphatic rings.